The molecule has 0 bridgehead atoms. The second-order valence-corrected chi connectivity index (χ2v) is 5.51. The van der Waals surface area contributed by atoms with Crippen LogP contribution in [0, 0.1) is 0 Å². The summed E-state index contributed by atoms with van der Waals surface area (Å²) in [6, 6.07) is 1.41. The number of H-pyrrole nitrogens is 1. The summed E-state index contributed by atoms with van der Waals surface area (Å²) >= 11 is 0. The summed E-state index contributed by atoms with van der Waals surface area (Å²) < 4.78 is 85.3. The predicted octanol–water partition coefficient (Wildman–Crippen LogP) is 2.59. The van der Waals surface area contributed by atoms with Crippen molar-refractivity contribution < 1.29 is 35.9 Å². The standard InChI is InChI=1S/C15H12F6N2O4/c1-3-23-11(25)9-6-8(4-5-10(9)22-12(23)26)13(14(16,17)18,15(19,20)21)27-7(2)24/h4-6H,3H2,1-2H3,(H,22,26). The normalized spacial score (nSPS) is 13.0. The van der Waals surface area contributed by atoms with Crippen LogP contribution in [-0.4, -0.2) is 27.9 Å². The molecule has 0 spiro atoms. The van der Waals surface area contributed by atoms with Gasteiger partial charge in [0.05, 0.1) is 10.9 Å². The number of aromatic amines is 1. The van der Waals surface area contributed by atoms with Crippen molar-refractivity contribution in [1.82, 2.24) is 9.55 Å². The molecule has 0 unspecified atom stereocenters. The lowest BCUT2D eigenvalue weighted by Crippen LogP contribution is -2.56. The van der Waals surface area contributed by atoms with Gasteiger partial charge in [-0.05, 0) is 19.1 Å². The highest BCUT2D eigenvalue weighted by Crippen LogP contribution is 2.53. The van der Waals surface area contributed by atoms with Crippen LogP contribution in [-0.2, 0) is 21.7 Å². The molecule has 0 aliphatic heterocycles. The van der Waals surface area contributed by atoms with Crippen LogP contribution in [0.5, 0.6) is 0 Å². The average Bonchev–Trinajstić information content (AvgIpc) is 2.50. The molecule has 1 heterocycles. The summed E-state index contributed by atoms with van der Waals surface area (Å²) in [6.45, 7) is 1.62. The van der Waals surface area contributed by atoms with Gasteiger partial charge in [0, 0.05) is 19.0 Å². The van der Waals surface area contributed by atoms with Gasteiger partial charge in [0.15, 0.2) is 0 Å². The molecule has 148 valence electrons. The van der Waals surface area contributed by atoms with Crippen molar-refractivity contribution in [2.24, 2.45) is 0 Å². The van der Waals surface area contributed by atoms with Gasteiger partial charge in [-0.25, -0.2) is 4.79 Å². The minimum atomic E-state index is -6.07. The summed E-state index contributed by atoms with van der Waals surface area (Å²) in [4.78, 5) is 37.2. The molecule has 1 aromatic heterocycles. The molecule has 0 saturated heterocycles. The Balaban J connectivity index is 2.96. The van der Waals surface area contributed by atoms with Crippen LogP contribution in [0.15, 0.2) is 27.8 Å². The van der Waals surface area contributed by atoms with E-state index in [1.807, 2.05) is 0 Å². The maximum Gasteiger partial charge on any atom is 0.442 e. The monoisotopic (exact) mass is 398 g/mol. The minimum Gasteiger partial charge on any atom is -0.435 e. The van der Waals surface area contributed by atoms with Gasteiger partial charge in [0.1, 0.15) is 0 Å². The van der Waals surface area contributed by atoms with E-state index in [2.05, 4.69) is 9.72 Å². The lowest BCUT2D eigenvalue weighted by Gasteiger charge is -2.36. The Bertz CT molecular complexity index is 988. The Kier molecular flexibility index (Phi) is 4.88. The van der Waals surface area contributed by atoms with Crippen LogP contribution in [0.3, 0.4) is 0 Å². The van der Waals surface area contributed by atoms with Gasteiger partial charge in [0.25, 0.3) is 5.56 Å². The zero-order valence-electron chi connectivity index (χ0n) is 13.8. The Morgan fingerprint density at radius 2 is 1.67 bits per heavy atom. The van der Waals surface area contributed by atoms with Gasteiger partial charge in [0.2, 0.25) is 0 Å². The number of rotatable bonds is 3. The van der Waals surface area contributed by atoms with Crippen LogP contribution >= 0.6 is 0 Å². The largest absolute Gasteiger partial charge is 0.442 e. The second kappa shape index (κ2) is 6.43. The fourth-order valence-corrected chi connectivity index (χ4v) is 2.63. The first-order valence-electron chi connectivity index (χ1n) is 7.36. The maximum atomic E-state index is 13.5. The van der Waals surface area contributed by atoms with Crippen LogP contribution < -0.4 is 11.2 Å². The molecule has 0 aliphatic carbocycles. The summed E-state index contributed by atoms with van der Waals surface area (Å²) in [5.74, 6) is -1.82. The number of esters is 1. The van der Waals surface area contributed by atoms with E-state index in [-0.39, 0.29) is 12.1 Å². The third-order valence-corrected chi connectivity index (χ3v) is 3.80. The van der Waals surface area contributed by atoms with Gasteiger partial charge in [-0.1, -0.05) is 6.07 Å². The Morgan fingerprint density at radius 1 is 1.11 bits per heavy atom. The molecule has 1 aromatic carbocycles. The number of hydrogen-bond acceptors (Lipinski definition) is 4. The average molecular weight is 398 g/mol. The van der Waals surface area contributed by atoms with E-state index in [1.165, 1.54) is 6.92 Å². The molecule has 0 fully saturated rings. The first-order valence-corrected chi connectivity index (χ1v) is 7.36. The number of hydrogen-bond donors (Lipinski definition) is 1. The van der Waals surface area contributed by atoms with Gasteiger partial charge < -0.3 is 9.72 Å². The molecular weight excluding hydrogens is 386 g/mol. The van der Waals surface area contributed by atoms with Crippen molar-refractivity contribution in [3.63, 3.8) is 0 Å². The van der Waals surface area contributed by atoms with Gasteiger partial charge in [-0.3, -0.25) is 14.2 Å². The van der Waals surface area contributed by atoms with Crippen molar-refractivity contribution in [3.8, 4) is 0 Å². The summed E-state index contributed by atoms with van der Waals surface area (Å²) in [5, 5.41) is -0.598. The van der Waals surface area contributed by atoms with Gasteiger partial charge >= 0.3 is 29.6 Å². The van der Waals surface area contributed by atoms with Crippen molar-refractivity contribution >= 4 is 16.9 Å². The first-order chi connectivity index (χ1) is 12.3. The lowest BCUT2D eigenvalue weighted by atomic mass is 9.90. The number of ether oxygens (including phenoxy) is 1. The van der Waals surface area contributed by atoms with Crippen LogP contribution in [0.1, 0.15) is 19.4 Å². The molecule has 0 saturated carbocycles. The Labute approximate surface area is 146 Å². The van der Waals surface area contributed by atoms with Crippen molar-refractivity contribution in [1.29, 1.82) is 0 Å². The molecule has 2 aromatic rings. The number of halogens is 6. The highest BCUT2D eigenvalue weighted by molar-refractivity contribution is 5.78. The number of benzene rings is 1. The molecular formula is C15H12F6N2O4. The van der Waals surface area contributed by atoms with E-state index in [0.717, 1.165) is 0 Å². The zero-order valence-corrected chi connectivity index (χ0v) is 13.8. The van der Waals surface area contributed by atoms with Crippen LogP contribution in [0.4, 0.5) is 26.3 Å². The van der Waals surface area contributed by atoms with E-state index >= 15 is 0 Å². The molecule has 0 atom stereocenters. The highest BCUT2D eigenvalue weighted by atomic mass is 19.4. The number of aromatic nitrogens is 2. The van der Waals surface area contributed by atoms with Crippen molar-refractivity contribution in [2.75, 3.05) is 0 Å². The van der Waals surface area contributed by atoms with E-state index in [9.17, 15) is 40.7 Å². The summed E-state index contributed by atoms with van der Waals surface area (Å²) in [5.41, 5.74) is -8.71. The fraction of sp³-hybridized carbons (Fsp3) is 0.400. The van der Waals surface area contributed by atoms with E-state index in [4.69, 9.17) is 0 Å². The molecule has 0 amide bonds. The minimum absolute atomic E-state index is 0.165. The third-order valence-electron chi connectivity index (χ3n) is 3.80. The van der Waals surface area contributed by atoms with Crippen molar-refractivity contribution in [2.45, 2.75) is 38.3 Å². The smallest absolute Gasteiger partial charge is 0.435 e. The fourth-order valence-electron chi connectivity index (χ4n) is 2.63. The zero-order chi connectivity index (χ0) is 20.8. The van der Waals surface area contributed by atoms with E-state index in [1.54, 1.807) is 0 Å². The third kappa shape index (κ3) is 3.19. The number of carbonyl (C=O) groups excluding carboxylic acids is 1. The summed E-state index contributed by atoms with van der Waals surface area (Å²) in [7, 11) is 0. The number of alkyl halides is 6. The first kappa shape index (κ1) is 20.5. The van der Waals surface area contributed by atoms with Crippen LogP contribution in [0.2, 0.25) is 0 Å². The predicted molar refractivity (Wildman–Crippen MR) is 80.1 cm³/mol. The number of fused-ring (bicyclic) bond motifs is 1. The molecule has 0 aliphatic rings. The number of nitrogens with zero attached hydrogens (tertiary/aromatic N) is 1. The number of carbonyl (C=O) groups is 1. The lowest BCUT2D eigenvalue weighted by molar-refractivity contribution is -0.377. The SMILES string of the molecule is CCn1c(=O)[nH]c2ccc(C(OC(C)=O)(C(F)(F)F)C(F)(F)F)cc2c1=O. The molecule has 2 rings (SSSR count). The molecule has 12 heteroatoms. The van der Waals surface area contributed by atoms with Gasteiger partial charge in [-0.2, -0.15) is 26.3 Å². The highest BCUT2D eigenvalue weighted by Gasteiger charge is 2.75. The molecule has 6 nitrogen and oxygen atoms in total. The molecule has 27 heavy (non-hydrogen) atoms. The van der Waals surface area contributed by atoms with Gasteiger partial charge in [-0.15, -0.1) is 0 Å². The quantitative estimate of drug-likeness (QED) is 0.637. The number of nitrogens with one attached hydrogen (secondary N) is 1. The Morgan fingerprint density at radius 3 is 2.11 bits per heavy atom. The Hall–Kier alpha value is -2.79. The topological polar surface area (TPSA) is 81.2 Å². The van der Waals surface area contributed by atoms with Crippen LogP contribution in [0.25, 0.3) is 10.9 Å². The summed E-state index contributed by atoms with van der Waals surface area (Å²) in [6.07, 6.45) is -12.1. The van der Waals surface area contributed by atoms with Crippen molar-refractivity contribution in [3.05, 3.63) is 44.6 Å². The second-order valence-electron chi connectivity index (χ2n) is 5.51. The van der Waals surface area contributed by atoms with E-state index in [0.29, 0.717) is 29.7 Å². The molecule has 0 radical (unpaired) electrons. The van der Waals surface area contributed by atoms with E-state index < -0.39 is 46.1 Å². The maximum absolute atomic E-state index is 13.5. The molecule has 1 N–H and O–H groups in total.